The fourth-order valence-electron chi connectivity index (χ4n) is 1.54. The van der Waals surface area contributed by atoms with Crippen molar-refractivity contribution in [3.63, 3.8) is 0 Å². The first-order chi connectivity index (χ1) is 5.45. The van der Waals surface area contributed by atoms with E-state index < -0.39 is 44.2 Å². The Hall–Kier alpha value is 0.531. The predicted octanol–water partition coefficient (Wildman–Crippen LogP) is 2.38. The molecule has 0 atom stereocenters. The van der Waals surface area contributed by atoms with Gasteiger partial charge in [0.2, 0.25) is 0 Å². The van der Waals surface area contributed by atoms with Crippen LogP contribution in [0, 0.1) is 0 Å². The second kappa shape index (κ2) is 3.97. The molecule has 0 bridgehead atoms. The van der Waals surface area contributed by atoms with Crippen molar-refractivity contribution >= 4 is 44.2 Å². The van der Waals surface area contributed by atoms with Crippen LogP contribution in [0.4, 0.5) is 0 Å². The Morgan fingerprint density at radius 1 is 0.909 bits per heavy atom. The van der Waals surface area contributed by atoms with Gasteiger partial charge in [0.1, 0.15) is 0 Å². The van der Waals surface area contributed by atoms with Crippen LogP contribution in [0.25, 0.3) is 0 Å². The molecule has 0 aromatic heterocycles. The van der Waals surface area contributed by atoms with Gasteiger partial charge in [-0.15, -0.1) is 0 Å². The number of rotatable bonds is 2. The standard InChI is InChI=1S/2C5H5.Ba/c2*1-2-4-5-3-1;/h2*1-3H,4H2;. The molecule has 2 aliphatic carbocycles. The van der Waals surface area contributed by atoms with E-state index in [0.29, 0.717) is 0 Å². The van der Waals surface area contributed by atoms with Gasteiger partial charge in [0.25, 0.3) is 0 Å². The zero-order chi connectivity index (χ0) is 7.52. The van der Waals surface area contributed by atoms with E-state index in [1.807, 2.05) is 0 Å². The second-order valence-corrected chi connectivity index (χ2v) is 9.91. The fraction of sp³-hybridized carbons (Fsp3) is 0.200. The van der Waals surface area contributed by atoms with E-state index >= 15 is 0 Å². The van der Waals surface area contributed by atoms with E-state index in [2.05, 4.69) is 36.5 Å². The summed E-state index contributed by atoms with van der Waals surface area (Å²) in [6.45, 7) is 0. The Kier molecular flexibility index (Phi) is 2.94. The molecule has 0 fully saturated rings. The van der Waals surface area contributed by atoms with E-state index in [9.17, 15) is 0 Å². The van der Waals surface area contributed by atoms with Gasteiger partial charge in [-0.2, -0.15) is 0 Å². The third-order valence-electron chi connectivity index (χ3n) is 2.15. The van der Waals surface area contributed by atoms with Crippen molar-refractivity contribution in [1.82, 2.24) is 0 Å². The first-order valence-electron chi connectivity index (χ1n) is 4.14. The van der Waals surface area contributed by atoms with Gasteiger partial charge in [-0.1, -0.05) is 0 Å². The Bertz CT molecular complexity index is 239. The molecule has 0 saturated heterocycles. The third-order valence-corrected chi connectivity index (χ3v) is 8.30. The molecule has 1 heteroatoms. The molecule has 2 aliphatic rings. The van der Waals surface area contributed by atoms with E-state index in [4.69, 9.17) is 0 Å². The Labute approximate surface area is 92.1 Å². The molecule has 0 heterocycles. The zero-order valence-corrected chi connectivity index (χ0v) is 11.0. The van der Waals surface area contributed by atoms with Crippen molar-refractivity contribution in [3.05, 3.63) is 36.5 Å². The molecule has 52 valence electrons. The second-order valence-electron chi connectivity index (χ2n) is 3.09. The Morgan fingerprint density at radius 3 is 1.82 bits per heavy atom. The van der Waals surface area contributed by atoms with Gasteiger partial charge in [-0.25, -0.2) is 0 Å². The SMILES string of the molecule is C1=CC[C]([Ba][C]2=CC=CC2)=C1. The molecule has 0 spiro atoms. The van der Waals surface area contributed by atoms with E-state index in [1.54, 1.807) is 0.0821 Å². The van der Waals surface area contributed by atoms with Gasteiger partial charge in [0, 0.05) is 0 Å². The number of hydrogen-bond donors (Lipinski definition) is 0. The molecule has 0 aliphatic heterocycles. The van der Waals surface area contributed by atoms with Crippen LogP contribution in [0.3, 0.4) is 0 Å². The van der Waals surface area contributed by atoms with Crippen LogP contribution in [-0.2, 0) is 0 Å². The molecular formula is C10H10Ba. The topological polar surface area (TPSA) is 0 Å². The molecule has 0 N–H and O–H groups in total. The minimum absolute atomic E-state index is 0.770. The Balaban J connectivity index is 1.91. The van der Waals surface area contributed by atoms with Crippen LogP contribution in [0.1, 0.15) is 12.8 Å². The van der Waals surface area contributed by atoms with Crippen LogP contribution in [0.5, 0.6) is 0 Å². The van der Waals surface area contributed by atoms with Crippen LogP contribution in [0.15, 0.2) is 36.5 Å². The normalized spacial score (nSPS) is 20.0. The Morgan fingerprint density at radius 2 is 1.45 bits per heavy atom. The van der Waals surface area contributed by atoms with Gasteiger partial charge >= 0.3 is 93.6 Å². The summed E-state index contributed by atoms with van der Waals surface area (Å²) in [6, 6.07) is 0. The molecule has 0 nitrogen and oxygen atoms in total. The quantitative estimate of drug-likeness (QED) is 0.674. The van der Waals surface area contributed by atoms with Crippen LogP contribution in [0.2, 0.25) is 0 Å². The summed E-state index contributed by atoms with van der Waals surface area (Å²) in [4.78, 5) is 0. The predicted molar refractivity (Wildman–Crippen MR) is 49.4 cm³/mol. The van der Waals surface area contributed by atoms with Gasteiger partial charge in [-0.3, -0.25) is 0 Å². The van der Waals surface area contributed by atoms with E-state index in [1.165, 1.54) is 12.8 Å². The fourth-order valence-corrected chi connectivity index (χ4v) is 6.92. The number of hydrogen-bond acceptors (Lipinski definition) is 0. The van der Waals surface area contributed by atoms with Gasteiger partial charge in [0.05, 0.1) is 0 Å². The molecule has 0 aromatic rings. The summed E-state index contributed by atoms with van der Waals surface area (Å²) >= 11 is -0.770. The number of allylic oxidation sites excluding steroid dienone is 8. The summed E-state index contributed by atoms with van der Waals surface area (Å²) < 4.78 is 3.56. The van der Waals surface area contributed by atoms with Crippen LogP contribution in [-0.4, -0.2) is 44.2 Å². The molecule has 2 rings (SSSR count). The van der Waals surface area contributed by atoms with Gasteiger partial charge in [-0.05, 0) is 0 Å². The van der Waals surface area contributed by atoms with Crippen molar-refractivity contribution < 1.29 is 0 Å². The third kappa shape index (κ3) is 2.23. The van der Waals surface area contributed by atoms with Crippen molar-refractivity contribution in [2.75, 3.05) is 0 Å². The summed E-state index contributed by atoms with van der Waals surface area (Å²) in [5.74, 6) is 0. The maximum absolute atomic E-state index is 2.33. The molecule has 11 heavy (non-hydrogen) atoms. The maximum atomic E-state index is 2.33. The summed E-state index contributed by atoms with van der Waals surface area (Å²) in [5, 5.41) is 0. The monoisotopic (exact) mass is 268 g/mol. The van der Waals surface area contributed by atoms with E-state index in [-0.39, 0.29) is 0 Å². The van der Waals surface area contributed by atoms with Gasteiger partial charge in [0.15, 0.2) is 0 Å². The summed E-state index contributed by atoms with van der Waals surface area (Å²) in [5.41, 5.74) is 0. The van der Waals surface area contributed by atoms with Gasteiger partial charge < -0.3 is 0 Å². The molecule has 0 amide bonds. The first-order valence-corrected chi connectivity index (χ1v) is 8.58. The average molecular weight is 268 g/mol. The zero-order valence-electron chi connectivity index (χ0n) is 6.59. The van der Waals surface area contributed by atoms with E-state index in [0.717, 1.165) is 0 Å². The van der Waals surface area contributed by atoms with Crippen molar-refractivity contribution in [3.8, 4) is 0 Å². The first kappa shape index (κ1) is 8.14. The molecule has 0 radical (unpaired) electrons. The van der Waals surface area contributed by atoms with Crippen LogP contribution < -0.4 is 0 Å². The molecule has 0 aromatic carbocycles. The van der Waals surface area contributed by atoms with Crippen molar-refractivity contribution in [2.45, 2.75) is 12.8 Å². The molecular weight excluding hydrogens is 257 g/mol. The summed E-state index contributed by atoms with van der Waals surface area (Å²) in [6.07, 6.45) is 16.2. The van der Waals surface area contributed by atoms with Crippen molar-refractivity contribution in [2.24, 2.45) is 0 Å². The minimum atomic E-state index is -0.770. The molecule has 0 saturated carbocycles. The molecule has 0 unspecified atom stereocenters. The van der Waals surface area contributed by atoms with Crippen LogP contribution >= 0.6 is 0 Å². The van der Waals surface area contributed by atoms with Crippen molar-refractivity contribution in [1.29, 1.82) is 0 Å². The summed E-state index contributed by atoms with van der Waals surface area (Å²) in [7, 11) is 0. The average Bonchev–Trinajstić information content (AvgIpc) is 2.60.